The molecule has 0 unspecified atom stereocenters. The lowest BCUT2D eigenvalue weighted by Crippen LogP contribution is -2.50. The van der Waals surface area contributed by atoms with Gasteiger partial charge in [0.05, 0.1) is 6.54 Å². The van der Waals surface area contributed by atoms with E-state index in [1.54, 1.807) is 17.0 Å². The number of amides is 2. The average Bonchev–Trinajstić information content (AvgIpc) is 2.99. The van der Waals surface area contributed by atoms with Crippen LogP contribution < -0.4 is 5.32 Å². The fraction of sp³-hybridized carbons (Fsp3) is 0.526. The Morgan fingerprint density at radius 2 is 2.08 bits per heavy atom. The third-order valence-electron chi connectivity index (χ3n) is 5.02. The first kappa shape index (κ1) is 16.8. The number of carbonyl (C=O) groups excluding carboxylic acids is 1. The van der Waals surface area contributed by atoms with Crippen LogP contribution in [0, 0.1) is 18.2 Å². The molecule has 1 aromatic carbocycles. The fourth-order valence-corrected chi connectivity index (χ4v) is 3.79. The summed E-state index contributed by atoms with van der Waals surface area (Å²) in [6.45, 7) is 2.82. The van der Waals surface area contributed by atoms with Crippen LogP contribution in [-0.2, 0) is 6.54 Å². The van der Waals surface area contributed by atoms with E-state index in [0.29, 0.717) is 12.6 Å². The second kappa shape index (κ2) is 7.67. The fourth-order valence-electron chi connectivity index (χ4n) is 3.79. The Morgan fingerprint density at radius 3 is 2.83 bits per heavy atom. The summed E-state index contributed by atoms with van der Waals surface area (Å²) in [5, 5.41) is 3.17. The number of nitrogens with zero attached hydrogens (tertiary/aromatic N) is 2. The summed E-state index contributed by atoms with van der Waals surface area (Å²) in [7, 11) is 0. The minimum atomic E-state index is -0.282. The smallest absolute Gasteiger partial charge is 0.318 e. The quantitative estimate of drug-likeness (QED) is 0.862. The predicted molar refractivity (Wildman–Crippen MR) is 91.8 cm³/mol. The first-order valence-corrected chi connectivity index (χ1v) is 8.65. The minimum absolute atomic E-state index is 0.130. The molecule has 1 N–H and O–H groups in total. The molecule has 0 aromatic heterocycles. The van der Waals surface area contributed by atoms with Gasteiger partial charge >= 0.3 is 6.03 Å². The van der Waals surface area contributed by atoms with E-state index in [1.165, 1.54) is 25.0 Å². The molecule has 2 aliphatic rings. The average molecular weight is 329 g/mol. The molecule has 0 bridgehead atoms. The summed E-state index contributed by atoms with van der Waals surface area (Å²) < 4.78 is 13.0. The lowest BCUT2D eigenvalue weighted by molar-refractivity contribution is 0.168. The minimum Gasteiger partial charge on any atom is -0.334 e. The molecule has 24 heavy (non-hydrogen) atoms. The lowest BCUT2D eigenvalue weighted by Gasteiger charge is -2.33. The number of rotatable bonds is 4. The van der Waals surface area contributed by atoms with Gasteiger partial charge in [-0.25, -0.2) is 9.18 Å². The molecule has 3 rings (SSSR count). The van der Waals surface area contributed by atoms with Crippen molar-refractivity contribution in [2.75, 3.05) is 19.6 Å². The van der Waals surface area contributed by atoms with E-state index in [4.69, 9.17) is 6.42 Å². The van der Waals surface area contributed by atoms with Crippen molar-refractivity contribution in [3.05, 3.63) is 35.6 Å². The Hall–Kier alpha value is -2.06. The van der Waals surface area contributed by atoms with Crippen LogP contribution in [0.2, 0.25) is 0 Å². The third-order valence-corrected chi connectivity index (χ3v) is 5.02. The van der Waals surface area contributed by atoms with Gasteiger partial charge in [0.15, 0.2) is 0 Å². The number of nitrogens with one attached hydrogen (secondary N) is 1. The number of piperidine rings is 1. The van der Waals surface area contributed by atoms with Gasteiger partial charge in [0.2, 0.25) is 0 Å². The number of halogens is 1. The number of carbonyl (C=O) groups is 1. The summed E-state index contributed by atoms with van der Waals surface area (Å²) in [6.07, 6.45) is 10.1. The molecule has 128 valence electrons. The molecule has 2 aliphatic heterocycles. The van der Waals surface area contributed by atoms with E-state index in [0.717, 1.165) is 31.5 Å². The molecule has 2 atom stereocenters. The standard InChI is InChI=1S/C19H24FN3O/c1-2-11-23(14-15-6-8-16(20)9-7-15)19(24)21-17-10-13-22-12-4-3-5-18(17)22/h1,6-9,17-18H,3-5,10-14H2,(H,21,24)/t17-,18+/m0/s1. The van der Waals surface area contributed by atoms with Crippen LogP contribution in [0.4, 0.5) is 9.18 Å². The molecule has 0 aliphatic carbocycles. The molecule has 2 heterocycles. The molecule has 2 saturated heterocycles. The first-order chi connectivity index (χ1) is 11.7. The Balaban J connectivity index is 1.62. The highest BCUT2D eigenvalue weighted by molar-refractivity contribution is 5.75. The number of hydrogen-bond donors (Lipinski definition) is 1. The summed E-state index contributed by atoms with van der Waals surface area (Å²) in [6, 6.07) is 6.70. The molecule has 0 spiro atoms. The van der Waals surface area contributed by atoms with Crippen LogP contribution in [0.3, 0.4) is 0 Å². The van der Waals surface area contributed by atoms with Gasteiger partial charge in [-0.2, -0.15) is 0 Å². The zero-order valence-electron chi connectivity index (χ0n) is 13.9. The van der Waals surface area contributed by atoms with Crippen molar-refractivity contribution in [3.63, 3.8) is 0 Å². The van der Waals surface area contributed by atoms with E-state index in [9.17, 15) is 9.18 Å². The molecule has 1 aromatic rings. The van der Waals surface area contributed by atoms with Crippen molar-refractivity contribution in [1.29, 1.82) is 0 Å². The second-order valence-corrected chi connectivity index (χ2v) is 6.63. The van der Waals surface area contributed by atoms with Crippen LogP contribution in [0.15, 0.2) is 24.3 Å². The van der Waals surface area contributed by atoms with Gasteiger partial charge in [0.25, 0.3) is 0 Å². The van der Waals surface area contributed by atoms with Gasteiger partial charge in [-0.15, -0.1) is 6.42 Å². The monoisotopic (exact) mass is 329 g/mol. The predicted octanol–water partition coefficient (Wildman–Crippen LogP) is 2.60. The van der Waals surface area contributed by atoms with Crippen LogP contribution in [0.25, 0.3) is 0 Å². The van der Waals surface area contributed by atoms with Crippen LogP contribution in [0.1, 0.15) is 31.2 Å². The molecule has 2 amide bonds. The number of hydrogen-bond acceptors (Lipinski definition) is 2. The molecule has 5 heteroatoms. The number of fused-ring (bicyclic) bond motifs is 1. The Bertz CT molecular complexity index is 610. The zero-order chi connectivity index (χ0) is 16.9. The van der Waals surface area contributed by atoms with Crippen LogP contribution in [0.5, 0.6) is 0 Å². The van der Waals surface area contributed by atoms with E-state index in [1.807, 2.05) is 0 Å². The maximum atomic E-state index is 13.0. The van der Waals surface area contributed by atoms with Crippen LogP contribution in [-0.4, -0.2) is 47.5 Å². The van der Waals surface area contributed by atoms with Crippen molar-refractivity contribution in [1.82, 2.24) is 15.1 Å². The van der Waals surface area contributed by atoms with Gasteiger partial charge in [0, 0.05) is 25.2 Å². The van der Waals surface area contributed by atoms with Gasteiger partial charge in [-0.1, -0.05) is 24.5 Å². The molecular weight excluding hydrogens is 305 g/mol. The van der Waals surface area contributed by atoms with Crippen molar-refractivity contribution < 1.29 is 9.18 Å². The van der Waals surface area contributed by atoms with Crippen LogP contribution >= 0.6 is 0 Å². The molecule has 0 radical (unpaired) electrons. The van der Waals surface area contributed by atoms with Crippen molar-refractivity contribution in [2.24, 2.45) is 0 Å². The van der Waals surface area contributed by atoms with E-state index >= 15 is 0 Å². The summed E-state index contributed by atoms with van der Waals surface area (Å²) in [5.74, 6) is 2.26. The van der Waals surface area contributed by atoms with E-state index in [2.05, 4.69) is 16.1 Å². The number of terminal acetylenes is 1. The highest BCUT2D eigenvalue weighted by Gasteiger charge is 2.36. The lowest BCUT2D eigenvalue weighted by atomic mass is 9.99. The Labute approximate surface area is 143 Å². The molecule has 2 fully saturated rings. The Morgan fingerprint density at radius 1 is 1.29 bits per heavy atom. The highest BCUT2D eigenvalue weighted by atomic mass is 19.1. The third kappa shape index (κ3) is 3.88. The maximum absolute atomic E-state index is 13.0. The number of benzene rings is 1. The van der Waals surface area contributed by atoms with Gasteiger partial charge < -0.3 is 10.2 Å². The highest BCUT2D eigenvalue weighted by Crippen LogP contribution is 2.27. The van der Waals surface area contributed by atoms with Gasteiger partial charge in [-0.05, 0) is 43.5 Å². The zero-order valence-corrected chi connectivity index (χ0v) is 13.9. The topological polar surface area (TPSA) is 35.6 Å². The second-order valence-electron chi connectivity index (χ2n) is 6.63. The summed E-state index contributed by atoms with van der Waals surface area (Å²) in [4.78, 5) is 16.8. The van der Waals surface area contributed by atoms with Gasteiger partial charge in [0.1, 0.15) is 5.82 Å². The van der Waals surface area contributed by atoms with E-state index < -0.39 is 0 Å². The SMILES string of the molecule is C#CCN(Cc1ccc(F)cc1)C(=O)N[C@H]1CCN2CCCC[C@H]12. The molecule has 0 saturated carbocycles. The normalized spacial score (nSPS) is 23.3. The summed E-state index contributed by atoms with van der Waals surface area (Å²) >= 11 is 0. The summed E-state index contributed by atoms with van der Waals surface area (Å²) in [5.41, 5.74) is 0.868. The number of urea groups is 1. The van der Waals surface area contributed by atoms with E-state index in [-0.39, 0.29) is 24.4 Å². The molecular formula is C19H24FN3O. The Kier molecular flexibility index (Phi) is 5.37. The molecule has 4 nitrogen and oxygen atoms in total. The maximum Gasteiger partial charge on any atom is 0.318 e. The van der Waals surface area contributed by atoms with Crippen molar-refractivity contribution in [3.8, 4) is 12.3 Å². The van der Waals surface area contributed by atoms with Crippen molar-refractivity contribution >= 4 is 6.03 Å². The first-order valence-electron chi connectivity index (χ1n) is 8.65. The largest absolute Gasteiger partial charge is 0.334 e. The van der Waals surface area contributed by atoms with Crippen molar-refractivity contribution in [2.45, 2.75) is 44.3 Å². The van der Waals surface area contributed by atoms with Gasteiger partial charge in [-0.3, -0.25) is 4.90 Å².